The molecular weight excluding hydrogens is 704 g/mol. The van der Waals surface area contributed by atoms with Crippen LogP contribution in [-0.4, -0.2) is 55.6 Å². The number of aromatic nitrogens is 1. The Balaban J connectivity index is 0.975. The van der Waals surface area contributed by atoms with Gasteiger partial charge in [-0.3, -0.25) is 14.4 Å². The van der Waals surface area contributed by atoms with Gasteiger partial charge in [-0.2, -0.15) is 0 Å². The first-order valence-electron chi connectivity index (χ1n) is 17.3. The number of pyridine rings is 1. The predicted octanol–water partition coefficient (Wildman–Crippen LogP) is 7.86. The van der Waals surface area contributed by atoms with Gasteiger partial charge in [0.05, 0.1) is 16.1 Å². The second-order valence-corrected chi connectivity index (χ2v) is 14.8. The molecule has 2 N–H and O–H groups in total. The number of nitrogens with one attached hydrogen (secondary N) is 2. The summed E-state index contributed by atoms with van der Waals surface area (Å²) in [4.78, 5) is 50.1. The van der Waals surface area contributed by atoms with E-state index in [9.17, 15) is 27.6 Å². The Morgan fingerprint density at radius 2 is 1.60 bits per heavy atom. The average Bonchev–Trinajstić information content (AvgIpc) is 3.50. The monoisotopic (exact) mass is 737 g/mol. The maximum absolute atomic E-state index is 14.2. The lowest BCUT2D eigenvalue weighted by Crippen LogP contribution is -2.59. The summed E-state index contributed by atoms with van der Waals surface area (Å²) in [5, 5.41) is 5.20. The van der Waals surface area contributed by atoms with Crippen LogP contribution in [0.3, 0.4) is 0 Å². The number of amides is 3. The van der Waals surface area contributed by atoms with E-state index < -0.39 is 29.0 Å². The summed E-state index contributed by atoms with van der Waals surface area (Å²) >= 11 is 1.14. The molecule has 3 amide bonds. The lowest BCUT2D eigenvalue weighted by molar-refractivity contribution is -0.000511. The van der Waals surface area contributed by atoms with Crippen molar-refractivity contribution in [2.75, 3.05) is 53.3 Å². The molecule has 0 unspecified atom stereocenters. The number of hydrogen-bond acceptors (Lipinski definition) is 7. The number of carbonyl (C=O) groups excluding carboxylic acids is 3. The van der Waals surface area contributed by atoms with Crippen LogP contribution in [0.2, 0.25) is 0 Å². The summed E-state index contributed by atoms with van der Waals surface area (Å²) in [5.74, 6) is -4.11. The van der Waals surface area contributed by atoms with E-state index in [1.54, 1.807) is 41.4 Å². The van der Waals surface area contributed by atoms with E-state index in [-0.39, 0.29) is 22.1 Å². The first-order valence-corrected chi connectivity index (χ1v) is 18.1. The van der Waals surface area contributed by atoms with Gasteiger partial charge in [0.1, 0.15) is 17.3 Å². The Labute approximate surface area is 307 Å². The van der Waals surface area contributed by atoms with Crippen molar-refractivity contribution in [3.63, 3.8) is 0 Å². The van der Waals surface area contributed by atoms with E-state index in [4.69, 9.17) is 4.74 Å². The van der Waals surface area contributed by atoms with E-state index in [1.807, 2.05) is 37.3 Å². The summed E-state index contributed by atoms with van der Waals surface area (Å²) in [6.45, 7) is 5.41. The summed E-state index contributed by atoms with van der Waals surface area (Å²) in [6, 6.07) is 18.6. The highest BCUT2D eigenvalue weighted by atomic mass is 32.1. The molecule has 1 spiro atoms. The molecule has 9 nitrogen and oxygen atoms in total. The lowest BCUT2D eigenvalue weighted by atomic mass is 9.73. The lowest BCUT2D eigenvalue weighted by Gasteiger charge is -2.53. The number of rotatable bonds is 6. The first-order chi connectivity index (χ1) is 25.6. The van der Waals surface area contributed by atoms with Crippen molar-refractivity contribution >= 4 is 51.9 Å². The van der Waals surface area contributed by atoms with Crippen LogP contribution in [-0.2, 0) is 11.2 Å². The van der Waals surface area contributed by atoms with Gasteiger partial charge >= 0.3 is 0 Å². The largest absolute Gasteiger partial charge is 0.381 e. The molecule has 270 valence electrons. The normalized spacial score (nSPS) is 15.9. The number of nitrogens with zero attached hydrogens (tertiary/aromatic N) is 3. The molecule has 0 saturated carbocycles. The predicted molar refractivity (Wildman–Crippen MR) is 197 cm³/mol. The van der Waals surface area contributed by atoms with E-state index >= 15 is 0 Å². The highest BCUT2D eigenvalue weighted by Gasteiger charge is 2.45. The van der Waals surface area contributed by atoms with Gasteiger partial charge in [-0.1, -0.05) is 18.2 Å². The maximum Gasteiger partial charge on any atom is 0.265 e. The van der Waals surface area contributed by atoms with Gasteiger partial charge in [0.15, 0.2) is 11.6 Å². The molecule has 5 heterocycles. The average molecular weight is 738 g/mol. The van der Waals surface area contributed by atoms with E-state index in [2.05, 4.69) is 20.5 Å². The molecule has 3 aromatic carbocycles. The topological polar surface area (TPSA) is 104 Å². The molecule has 0 atom stereocenters. The molecule has 0 bridgehead atoms. The van der Waals surface area contributed by atoms with Crippen LogP contribution in [0.15, 0.2) is 79.0 Å². The fourth-order valence-corrected chi connectivity index (χ4v) is 8.46. The highest BCUT2D eigenvalue weighted by molar-refractivity contribution is 7.17. The van der Waals surface area contributed by atoms with Crippen LogP contribution < -0.4 is 20.4 Å². The zero-order valence-corrected chi connectivity index (χ0v) is 29.5. The zero-order chi connectivity index (χ0) is 36.9. The number of thiophene rings is 1. The second kappa shape index (κ2) is 13.8. The van der Waals surface area contributed by atoms with E-state index in [0.29, 0.717) is 53.4 Å². The highest BCUT2D eigenvalue weighted by Crippen LogP contribution is 2.44. The van der Waals surface area contributed by atoms with Crippen LogP contribution in [0.4, 0.5) is 36.1 Å². The molecule has 5 aromatic rings. The minimum Gasteiger partial charge on any atom is -0.381 e. The molecule has 0 radical (unpaired) electrons. The number of halogens is 3. The van der Waals surface area contributed by atoms with Gasteiger partial charge in [-0.05, 0) is 79.8 Å². The number of aryl methyl sites for hydroxylation is 1. The van der Waals surface area contributed by atoms with Gasteiger partial charge in [0.2, 0.25) is 0 Å². The SMILES string of the molecule is Cc1cnc(N2CC3(CCOCC3)C2)c(C(=O)Nc2ccc(C(=O)N3CCc4cc(C(=O)Nc5c(F)cc(F)cc5F)sc4-c4ccccc43)cc2)c1. The van der Waals surface area contributed by atoms with Gasteiger partial charge < -0.3 is 25.2 Å². The fraction of sp³-hybridized carbons (Fsp3) is 0.250. The van der Waals surface area contributed by atoms with Crippen molar-refractivity contribution in [3.8, 4) is 10.4 Å². The Bertz CT molecular complexity index is 2240. The van der Waals surface area contributed by atoms with Gasteiger partial charge in [-0.25, -0.2) is 18.2 Å². The quantitative estimate of drug-likeness (QED) is 0.184. The van der Waals surface area contributed by atoms with Crippen LogP contribution >= 0.6 is 11.3 Å². The first kappa shape index (κ1) is 34.6. The molecule has 2 aromatic heterocycles. The van der Waals surface area contributed by atoms with Crippen molar-refractivity contribution in [2.45, 2.75) is 26.2 Å². The Kier molecular flexibility index (Phi) is 8.99. The smallest absolute Gasteiger partial charge is 0.265 e. The number of para-hydroxylation sites is 1. The summed E-state index contributed by atoms with van der Waals surface area (Å²) in [7, 11) is 0. The van der Waals surface area contributed by atoms with Crippen molar-refractivity contribution in [1.82, 2.24) is 4.98 Å². The number of fused-ring (bicyclic) bond motifs is 3. The molecular formula is C40H34F3N5O4S. The molecule has 2 fully saturated rings. The zero-order valence-electron chi connectivity index (χ0n) is 28.7. The maximum atomic E-state index is 14.2. The second-order valence-electron chi connectivity index (χ2n) is 13.8. The molecule has 53 heavy (non-hydrogen) atoms. The number of anilines is 4. The minimum atomic E-state index is -1.22. The third-order valence-corrected chi connectivity index (χ3v) is 11.3. The number of benzene rings is 3. The number of hydrogen-bond donors (Lipinski definition) is 2. The number of ether oxygens (including phenoxy) is 1. The van der Waals surface area contributed by atoms with Crippen LogP contribution in [0.5, 0.6) is 0 Å². The summed E-state index contributed by atoms with van der Waals surface area (Å²) in [6.07, 6.45) is 4.20. The molecule has 13 heteroatoms. The summed E-state index contributed by atoms with van der Waals surface area (Å²) < 4.78 is 47.4. The number of carbonyl (C=O) groups is 3. The Hall–Kier alpha value is -5.53. The molecule has 0 aliphatic carbocycles. The van der Waals surface area contributed by atoms with Crippen LogP contribution in [0, 0.1) is 29.8 Å². The van der Waals surface area contributed by atoms with Crippen LogP contribution in [0.25, 0.3) is 10.4 Å². The van der Waals surface area contributed by atoms with E-state index in [1.165, 1.54) is 0 Å². The van der Waals surface area contributed by atoms with Crippen molar-refractivity contribution in [3.05, 3.63) is 124 Å². The standard InChI is InChI=1S/C40H34F3N5O4S/c1-23-16-29(36(44-20-23)47-21-40(22-47)11-14-52-15-12-40)37(49)45-27-8-6-24(7-9-27)39(51)48-13-10-25-17-33(53-35(25)28-4-2-3-5-32(28)48)38(50)46-34-30(42)18-26(41)19-31(34)43/h2-9,16-20H,10-15,21-22H2,1H3,(H,45,49)(H,46,50). The fourth-order valence-electron chi connectivity index (χ4n) is 7.32. The van der Waals surface area contributed by atoms with Gasteiger partial charge in [0, 0.05) is 78.3 Å². The van der Waals surface area contributed by atoms with Gasteiger partial charge in [0.25, 0.3) is 17.7 Å². The van der Waals surface area contributed by atoms with Crippen molar-refractivity contribution in [1.29, 1.82) is 0 Å². The Morgan fingerprint density at radius 1 is 0.887 bits per heavy atom. The third kappa shape index (κ3) is 6.66. The molecule has 2 saturated heterocycles. The molecule has 3 aliphatic heterocycles. The minimum absolute atomic E-state index is 0.215. The molecule has 8 rings (SSSR count). The molecule has 3 aliphatic rings. The van der Waals surface area contributed by atoms with E-state index in [0.717, 1.165) is 72.0 Å². The third-order valence-electron chi connectivity index (χ3n) is 10.1. The summed E-state index contributed by atoms with van der Waals surface area (Å²) in [5.41, 5.74) is 4.00. The Morgan fingerprint density at radius 3 is 2.34 bits per heavy atom. The van der Waals surface area contributed by atoms with Crippen molar-refractivity contribution in [2.24, 2.45) is 5.41 Å². The van der Waals surface area contributed by atoms with Gasteiger partial charge in [-0.15, -0.1) is 11.3 Å². The van der Waals surface area contributed by atoms with Crippen molar-refractivity contribution < 1.29 is 32.3 Å². The van der Waals surface area contributed by atoms with Crippen LogP contribution in [0.1, 0.15) is 54.4 Å².